The van der Waals surface area contributed by atoms with Gasteiger partial charge in [0.05, 0.1) is 12.2 Å². The van der Waals surface area contributed by atoms with Crippen molar-refractivity contribution in [2.24, 2.45) is 5.92 Å². The van der Waals surface area contributed by atoms with Crippen LogP contribution in [-0.2, 0) is 9.53 Å². The summed E-state index contributed by atoms with van der Waals surface area (Å²) in [6.07, 6.45) is 8.37. The van der Waals surface area contributed by atoms with E-state index in [1.165, 1.54) is 0 Å². The summed E-state index contributed by atoms with van der Waals surface area (Å²) in [5.74, 6) is -0.205. The van der Waals surface area contributed by atoms with Gasteiger partial charge in [0.15, 0.2) is 0 Å². The first-order chi connectivity index (χ1) is 7.06. The normalized spacial score (nSPS) is 29.1. The summed E-state index contributed by atoms with van der Waals surface area (Å²) in [5.41, 5.74) is -0.846. The molecule has 0 amide bonds. The second-order valence-electron chi connectivity index (χ2n) is 3.92. The molecule has 15 heavy (non-hydrogen) atoms. The van der Waals surface area contributed by atoms with Crippen LogP contribution in [0.15, 0.2) is 24.3 Å². The van der Waals surface area contributed by atoms with Gasteiger partial charge in [-0.3, -0.25) is 4.79 Å². The first-order valence-corrected chi connectivity index (χ1v) is 5.30. The lowest BCUT2D eigenvalue weighted by Gasteiger charge is -2.29. The van der Waals surface area contributed by atoms with Gasteiger partial charge in [-0.2, -0.15) is 0 Å². The van der Waals surface area contributed by atoms with Gasteiger partial charge in [0.1, 0.15) is 0 Å². The van der Waals surface area contributed by atoms with Gasteiger partial charge in [0.25, 0.3) is 0 Å². The van der Waals surface area contributed by atoms with Gasteiger partial charge in [-0.15, -0.1) is 0 Å². The van der Waals surface area contributed by atoms with Gasteiger partial charge in [-0.05, 0) is 20.3 Å². The van der Waals surface area contributed by atoms with E-state index in [0.717, 1.165) is 0 Å². The van der Waals surface area contributed by atoms with E-state index in [1.54, 1.807) is 19.9 Å². The molecule has 0 aromatic heterocycles. The molecule has 2 atom stereocenters. The van der Waals surface area contributed by atoms with Gasteiger partial charge < -0.3 is 9.84 Å². The Labute approximate surface area is 90.4 Å². The molecule has 0 saturated heterocycles. The number of hydrogen-bond donors (Lipinski definition) is 1. The highest BCUT2D eigenvalue weighted by Gasteiger charge is 2.28. The molecule has 0 saturated carbocycles. The summed E-state index contributed by atoms with van der Waals surface area (Å²) in [7, 11) is 0. The lowest BCUT2D eigenvalue weighted by Crippen LogP contribution is -2.32. The first-order valence-electron chi connectivity index (χ1n) is 5.30. The molecule has 1 aliphatic carbocycles. The van der Waals surface area contributed by atoms with Crippen LogP contribution in [0.3, 0.4) is 0 Å². The maximum atomic E-state index is 11.2. The molecule has 1 aliphatic rings. The minimum atomic E-state index is -0.846. The quantitative estimate of drug-likeness (QED) is 0.720. The molecule has 3 heteroatoms. The Bertz CT molecular complexity index is 277. The van der Waals surface area contributed by atoms with E-state index in [1.807, 2.05) is 18.2 Å². The zero-order valence-corrected chi connectivity index (χ0v) is 9.27. The first kappa shape index (κ1) is 12.0. The molecule has 0 radical (unpaired) electrons. The summed E-state index contributed by atoms with van der Waals surface area (Å²) in [4.78, 5) is 11.2. The molecule has 1 rings (SSSR count). The fourth-order valence-corrected chi connectivity index (χ4v) is 1.66. The number of ether oxygens (including phenoxy) is 1. The van der Waals surface area contributed by atoms with Crippen LogP contribution in [0.4, 0.5) is 0 Å². The predicted octanol–water partition coefficient (Wildman–Crippen LogP) is 1.82. The van der Waals surface area contributed by atoms with Crippen molar-refractivity contribution in [3.05, 3.63) is 24.3 Å². The lowest BCUT2D eigenvalue weighted by atomic mass is 9.82. The van der Waals surface area contributed by atoms with Crippen molar-refractivity contribution in [2.45, 2.75) is 32.3 Å². The summed E-state index contributed by atoms with van der Waals surface area (Å²) >= 11 is 0. The number of carbonyl (C=O) groups excluding carboxylic acids is 1. The third-order valence-corrected chi connectivity index (χ3v) is 2.60. The molecule has 0 heterocycles. The maximum absolute atomic E-state index is 11.2. The standard InChI is InChI=1S/C12H18O3/c1-3-15-11(13)8-7-10-6-4-5-9-12(10,2)14/h4-6,9-10,14H,3,7-8H2,1-2H3/t10-,12+/m0/s1. The molecular weight excluding hydrogens is 192 g/mol. The second kappa shape index (κ2) is 5.12. The molecular formula is C12H18O3. The summed E-state index contributed by atoms with van der Waals surface area (Å²) < 4.78 is 4.84. The van der Waals surface area contributed by atoms with Crippen molar-refractivity contribution in [2.75, 3.05) is 6.61 Å². The fourth-order valence-electron chi connectivity index (χ4n) is 1.66. The van der Waals surface area contributed by atoms with Crippen molar-refractivity contribution < 1.29 is 14.6 Å². The SMILES string of the molecule is CCOC(=O)CC[C@@H]1C=CC=C[C@@]1(C)O. The van der Waals surface area contributed by atoms with Crippen LogP contribution >= 0.6 is 0 Å². The zero-order chi connectivity index (χ0) is 11.3. The van der Waals surface area contributed by atoms with E-state index < -0.39 is 5.60 Å². The Balaban J connectivity index is 2.42. The van der Waals surface area contributed by atoms with Crippen LogP contribution in [0, 0.1) is 5.92 Å². The van der Waals surface area contributed by atoms with Crippen LogP contribution in [0.5, 0.6) is 0 Å². The Morgan fingerprint density at radius 2 is 2.27 bits per heavy atom. The topological polar surface area (TPSA) is 46.5 Å². The molecule has 0 unspecified atom stereocenters. The monoisotopic (exact) mass is 210 g/mol. The van der Waals surface area contributed by atoms with Crippen molar-refractivity contribution in [3.63, 3.8) is 0 Å². The highest BCUT2D eigenvalue weighted by Crippen LogP contribution is 2.27. The molecule has 3 nitrogen and oxygen atoms in total. The Morgan fingerprint density at radius 1 is 1.53 bits per heavy atom. The number of carbonyl (C=O) groups is 1. The zero-order valence-electron chi connectivity index (χ0n) is 9.27. The number of rotatable bonds is 4. The number of esters is 1. The van der Waals surface area contributed by atoms with Crippen molar-refractivity contribution in [1.29, 1.82) is 0 Å². The van der Waals surface area contributed by atoms with Crippen LogP contribution in [0.25, 0.3) is 0 Å². The van der Waals surface area contributed by atoms with E-state index in [9.17, 15) is 9.90 Å². The smallest absolute Gasteiger partial charge is 0.305 e. The summed E-state index contributed by atoms with van der Waals surface area (Å²) in [5, 5.41) is 9.99. The largest absolute Gasteiger partial charge is 0.466 e. The van der Waals surface area contributed by atoms with Gasteiger partial charge in [0, 0.05) is 12.3 Å². The Morgan fingerprint density at radius 3 is 2.87 bits per heavy atom. The van der Waals surface area contributed by atoms with Gasteiger partial charge >= 0.3 is 5.97 Å². The number of aliphatic hydroxyl groups is 1. The van der Waals surface area contributed by atoms with E-state index in [-0.39, 0.29) is 11.9 Å². The van der Waals surface area contributed by atoms with Crippen molar-refractivity contribution in [3.8, 4) is 0 Å². The van der Waals surface area contributed by atoms with Gasteiger partial charge in [-0.1, -0.05) is 24.3 Å². The molecule has 0 aliphatic heterocycles. The maximum Gasteiger partial charge on any atom is 0.305 e. The Kier molecular flexibility index (Phi) is 4.09. The van der Waals surface area contributed by atoms with Crippen LogP contribution in [0.2, 0.25) is 0 Å². The average molecular weight is 210 g/mol. The third-order valence-electron chi connectivity index (χ3n) is 2.60. The van der Waals surface area contributed by atoms with E-state index >= 15 is 0 Å². The molecule has 0 spiro atoms. The van der Waals surface area contributed by atoms with E-state index in [2.05, 4.69) is 0 Å². The average Bonchev–Trinajstić information content (AvgIpc) is 2.16. The van der Waals surface area contributed by atoms with Gasteiger partial charge in [0.2, 0.25) is 0 Å². The van der Waals surface area contributed by atoms with Crippen LogP contribution < -0.4 is 0 Å². The van der Waals surface area contributed by atoms with Crippen molar-refractivity contribution in [1.82, 2.24) is 0 Å². The molecule has 0 bridgehead atoms. The fraction of sp³-hybridized carbons (Fsp3) is 0.583. The highest BCUT2D eigenvalue weighted by molar-refractivity contribution is 5.69. The van der Waals surface area contributed by atoms with Crippen molar-refractivity contribution >= 4 is 5.97 Å². The summed E-state index contributed by atoms with van der Waals surface area (Å²) in [6, 6.07) is 0. The van der Waals surface area contributed by atoms with E-state index in [0.29, 0.717) is 19.4 Å². The third kappa shape index (κ3) is 3.51. The minimum Gasteiger partial charge on any atom is -0.466 e. The lowest BCUT2D eigenvalue weighted by molar-refractivity contribution is -0.143. The van der Waals surface area contributed by atoms with E-state index in [4.69, 9.17) is 4.74 Å². The molecule has 0 aromatic rings. The minimum absolute atomic E-state index is 0.00749. The summed E-state index contributed by atoms with van der Waals surface area (Å²) in [6.45, 7) is 3.95. The molecule has 0 fully saturated rings. The number of allylic oxidation sites excluding steroid dienone is 2. The number of hydrogen-bond acceptors (Lipinski definition) is 3. The highest BCUT2D eigenvalue weighted by atomic mass is 16.5. The predicted molar refractivity (Wildman–Crippen MR) is 58.3 cm³/mol. The Hall–Kier alpha value is -1.09. The molecule has 1 N–H and O–H groups in total. The molecule has 0 aromatic carbocycles. The van der Waals surface area contributed by atoms with Crippen LogP contribution in [-0.4, -0.2) is 23.3 Å². The van der Waals surface area contributed by atoms with Gasteiger partial charge in [-0.25, -0.2) is 0 Å². The molecule has 84 valence electrons. The van der Waals surface area contributed by atoms with Crippen LogP contribution in [0.1, 0.15) is 26.7 Å². The second-order valence-corrected chi connectivity index (χ2v) is 3.92.